The Labute approximate surface area is 203 Å². The Morgan fingerprint density at radius 3 is 2.62 bits per heavy atom. The van der Waals surface area contributed by atoms with E-state index in [0.29, 0.717) is 23.3 Å². The van der Waals surface area contributed by atoms with E-state index in [1.54, 1.807) is 23.3 Å². The number of aromatic nitrogens is 6. The zero-order valence-electron chi connectivity index (χ0n) is 19.0. The van der Waals surface area contributed by atoms with Crippen molar-refractivity contribution < 1.29 is 9.47 Å². The molecule has 3 heterocycles. The van der Waals surface area contributed by atoms with Crippen molar-refractivity contribution in [2.45, 2.75) is 39.2 Å². The second kappa shape index (κ2) is 10.2. The third-order valence-corrected chi connectivity index (χ3v) is 5.44. The first-order chi connectivity index (χ1) is 16.1. The number of nitrogens with zero attached hydrogens (tertiary/aromatic N) is 7. The first-order valence-electron chi connectivity index (χ1n) is 11.0. The number of benzene rings is 1. The minimum Gasteiger partial charge on any atom is -0.492 e. The molecule has 1 fully saturated rings. The van der Waals surface area contributed by atoms with E-state index in [-0.39, 0.29) is 18.4 Å². The van der Waals surface area contributed by atoms with Gasteiger partial charge in [0, 0.05) is 11.5 Å². The minimum absolute atomic E-state index is 0. The van der Waals surface area contributed by atoms with Crippen LogP contribution in [0.15, 0.2) is 49.1 Å². The molecule has 11 heteroatoms. The fraction of sp³-hybridized carbons (Fsp3) is 0.348. The lowest BCUT2D eigenvalue weighted by atomic mass is 10.2. The van der Waals surface area contributed by atoms with E-state index >= 15 is 0 Å². The first-order valence-corrected chi connectivity index (χ1v) is 11.0. The Hall–Kier alpha value is -3.50. The summed E-state index contributed by atoms with van der Waals surface area (Å²) in [5, 5.41) is 10.8. The molecular formula is C23H27ClN8O2. The van der Waals surface area contributed by atoms with Gasteiger partial charge in [0.2, 0.25) is 5.88 Å². The molecule has 4 aromatic rings. The van der Waals surface area contributed by atoms with Crippen molar-refractivity contribution in [1.82, 2.24) is 29.9 Å². The van der Waals surface area contributed by atoms with Gasteiger partial charge in [0.1, 0.15) is 17.8 Å². The Morgan fingerprint density at radius 2 is 1.91 bits per heavy atom. The van der Waals surface area contributed by atoms with Gasteiger partial charge in [-0.05, 0) is 50.5 Å². The van der Waals surface area contributed by atoms with Crippen molar-refractivity contribution in [2.24, 2.45) is 11.8 Å². The Bertz CT molecular complexity index is 1240. The molecule has 5 rings (SSSR count). The molecule has 10 nitrogen and oxygen atoms in total. The van der Waals surface area contributed by atoms with Gasteiger partial charge in [-0.2, -0.15) is 9.90 Å². The standard InChI is InChI=1S/C23H26N8O2.ClH/c1-15(2)31-28-13-21(29-31)30(24)23-19-11-17(5-7-20(19)26-14-27-23)33-22-8-6-18(12-25-22)32-10-9-16-3-4-16;/h5-8,11-16H,3-4,9-10,24H2,1-2H3;1H. The summed E-state index contributed by atoms with van der Waals surface area (Å²) in [6.45, 7) is 4.71. The lowest BCUT2D eigenvalue weighted by Gasteiger charge is -2.16. The maximum atomic E-state index is 6.34. The molecule has 1 aromatic carbocycles. The maximum absolute atomic E-state index is 6.34. The summed E-state index contributed by atoms with van der Waals surface area (Å²) < 4.78 is 11.7. The van der Waals surface area contributed by atoms with E-state index in [4.69, 9.17) is 15.3 Å². The summed E-state index contributed by atoms with van der Waals surface area (Å²) in [6, 6.07) is 9.29. The van der Waals surface area contributed by atoms with Gasteiger partial charge in [-0.3, -0.25) is 0 Å². The Morgan fingerprint density at radius 1 is 1.09 bits per heavy atom. The molecule has 1 aliphatic rings. The summed E-state index contributed by atoms with van der Waals surface area (Å²) in [7, 11) is 0. The van der Waals surface area contributed by atoms with Gasteiger partial charge in [-0.15, -0.1) is 17.5 Å². The van der Waals surface area contributed by atoms with Crippen LogP contribution in [-0.2, 0) is 0 Å². The normalized spacial score (nSPS) is 13.1. The predicted molar refractivity (Wildman–Crippen MR) is 131 cm³/mol. The highest BCUT2D eigenvalue weighted by atomic mass is 35.5. The van der Waals surface area contributed by atoms with Gasteiger partial charge in [-0.25, -0.2) is 25.8 Å². The maximum Gasteiger partial charge on any atom is 0.219 e. The quantitative estimate of drug-likeness (QED) is 0.269. The molecule has 0 bridgehead atoms. The van der Waals surface area contributed by atoms with Crippen LogP contribution in [0.1, 0.15) is 39.2 Å². The van der Waals surface area contributed by atoms with Crippen molar-refractivity contribution in [2.75, 3.05) is 11.6 Å². The molecule has 0 aliphatic heterocycles. The molecule has 1 aliphatic carbocycles. The second-order valence-corrected chi connectivity index (χ2v) is 8.38. The van der Waals surface area contributed by atoms with Crippen LogP contribution in [0.5, 0.6) is 17.4 Å². The molecule has 34 heavy (non-hydrogen) atoms. The number of halogens is 1. The number of anilines is 2. The van der Waals surface area contributed by atoms with Crippen molar-refractivity contribution >= 4 is 34.9 Å². The van der Waals surface area contributed by atoms with Crippen LogP contribution in [0.25, 0.3) is 10.9 Å². The number of pyridine rings is 1. The van der Waals surface area contributed by atoms with Gasteiger partial charge in [0.05, 0.1) is 30.6 Å². The fourth-order valence-electron chi connectivity index (χ4n) is 3.40. The summed E-state index contributed by atoms with van der Waals surface area (Å²) in [5.41, 5.74) is 0.728. The predicted octanol–water partition coefficient (Wildman–Crippen LogP) is 4.60. The van der Waals surface area contributed by atoms with E-state index in [2.05, 4.69) is 25.1 Å². The van der Waals surface area contributed by atoms with Crippen LogP contribution in [0.2, 0.25) is 0 Å². The van der Waals surface area contributed by atoms with E-state index in [1.807, 2.05) is 38.1 Å². The highest BCUT2D eigenvalue weighted by molar-refractivity contribution is 5.91. The smallest absolute Gasteiger partial charge is 0.219 e. The average Bonchev–Trinajstić information content (AvgIpc) is 3.51. The van der Waals surface area contributed by atoms with E-state index < -0.39 is 0 Å². The largest absolute Gasteiger partial charge is 0.492 e. The highest BCUT2D eigenvalue weighted by Crippen LogP contribution is 2.33. The van der Waals surface area contributed by atoms with E-state index in [9.17, 15) is 0 Å². The number of hydrogen-bond acceptors (Lipinski definition) is 9. The van der Waals surface area contributed by atoms with Crippen LogP contribution in [-0.4, -0.2) is 36.6 Å². The van der Waals surface area contributed by atoms with Gasteiger partial charge >= 0.3 is 0 Å². The molecule has 0 spiro atoms. The number of hydrazine groups is 1. The van der Waals surface area contributed by atoms with E-state index in [0.717, 1.165) is 35.6 Å². The molecule has 3 aromatic heterocycles. The lowest BCUT2D eigenvalue weighted by molar-refractivity contribution is 0.300. The highest BCUT2D eigenvalue weighted by Gasteiger charge is 2.20. The summed E-state index contributed by atoms with van der Waals surface area (Å²) in [4.78, 5) is 14.7. The second-order valence-electron chi connectivity index (χ2n) is 8.38. The number of hydrogen-bond donors (Lipinski definition) is 1. The molecule has 1 saturated carbocycles. The average molecular weight is 483 g/mol. The zero-order chi connectivity index (χ0) is 22.8. The van der Waals surface area contributed by atoms with Crippen molar-refractivity contribution in [1.29, 1.82) is 0 Å². The van der Waals surface area contributed by atoms with Crippen LogP contribution in [0, 0.1) is 5.92 Å². The number of ether oxygens (including phenoxy) is 2. The fourth-order valence-corrected chi connectivity index (χ4v) is 3.40. The Balaban J connectivity index is 0.00000274. The summed E-state index contributed by atoms with van der Waals surface area (Å²) >= 11 is 0. The van der Waals surface area contributed by atoms with Crippen molar-refractivity contribution in [3.8, 4) is 17.4 Å². The Kier molecular flexibility index (Phi) is 7.09. The van der Waals surface area contributed by atoms with Gasteiger partial charge in [0.25, 0.3) is 0 Å². The van der Waals surface area contributed by atoms with Crippen molar-refractivity contribution in [3.63, 3.8) is 0 Å². The molecule has 0 radical (unpaired) electrons. The van der Waals surface area contributed by atoms with Crippen molar-refractivity contribution in [3.05, 3.63) is 49.1 Å². The number of fused-ring (bicyclic) bond motifs is 1. The van der Waals surface area contributed by atoms with Gasteiger partial charge < -0.3 is 9.47 Å². The van der Waals surface area contributed by atoms with Crippen LogP contribution >= 0.6 is 12.4 Å². The third kappa shape index (κ3) is 5.35. The number of rotatable bonds is 9. The third-order valence-electron chi connectivity index (χ3n) is 5.44. The minimum atomic E-state index is 0. The molecule has 0 atom stereocenters. The van der Waals surface area contributed by atoms with Gasteiger partial charge in [0.15, 0.2) is 11.6 Å². The van der Waals surface area contributed by atoms with Crippen LogP contribution in [0.3, 0.4) is 0 Å². The summed E-state index contributed by atoms with van der Waals surface area (Å²) in [5.74, 6) is 9.95. The monoisotopic (exact) mass is 482 g/mol. The lowest BCUT2D eigenvalue weighted by Crippen LogP contribution is -2.27. The molecule has 0 unspecified atom stereocenters. The number of nitrogens with two attached hydrogens (primary N) is 1. The zero-order valence-corrected chi connectivity index (χ0v) is 19.9. The van der Waals surface area contributed by atoms with Gasteiger partial charge in [-0.1, -0.05) is 12.8 Å². The van der Waals surface area contributed by atoms with E-state index in [1.165, 1.54) is 24.2 Å². The van der Waals surface area contributed by atoms with Crippen LogP contribution < -0.4 is 20.3 Å². The SMILES string of the molecule is CC(C)n1ncc(N(N)c2ncnc3ccc(Oc4ccc(OCCC5CC5)cn4)cc23)n1.Cl. The molecule has 2 N–H and O–H groups in total. The molecule has 0 amide bonds. The molecular weight excluding hydrogens is 456 g/mol. The summed E-state index contributed by atoms with van der Waals surface area (Å²) in [6.07, 6.45) is 8.50. The van der Waals surface area contributed by atoms with Crippen LogP contribution in [0.4, 0.5) is 11.6 Å². The molecule has 178 valence electrons. The topological polar surface area (TPSA) is 117 Å². The first kappa shape index (κ1) is 23.7. The molecule has 0 saturated heterocycles.